The zero-order valence-electron chi connectivity index (χ0n) is 7.79. The molecule has 0 amide bonds. The number of hydrogen-bond donors (Lipinski definition) is 0. The predicted molar refractivity (Wildman–Crippen MR) is 54.6 cm³/mol. The first kappa shape index (κ1) is 14.3. The van der Waals surface area contributed by atoms with Crippen molar-refractivity contribution in [2.45, 2.75) is 12.4 Å². The first-order chi connectivity index (χ1) is 7.59. The van der Waals surface area contributed by atoms with Crippen molar-refractivity contribution in [3.05, 3.63) is 32.4 Å². The van der Waals surface area contributed by atoms with E-state index in [0.717, 1.165) is 0 Å². The van der Waals surface area contributed by atoms with Crippen molar-refractivity contribution in [2.24, 2.45) is 0 Å². The SMILES string of the molecule is O=Cc1c(C(F)(F)F)ccc(I)c1C(F)(F)F. The molecule has 0 aromatic heterocycles. The minimum atomic E-state index is -5.01. The van der Waals surface area contributed by atoms with Crippen LogP contribution in [0.5, 0.6) is 0 Å². The van der Waals surface area contributed by atoms with Gasteiger partial charge in [0.2, 0.25) is 0 Å². The molecular formula is C9H3F6IO. The zero-order chi connectivity index (χ0) is 13.4. The normalized spacial score (nSPS) is 12.6. The lowest BCUT2D eigenvalue weighted by Crippen LogP contribution is -2.17. The third kappa shape index (κ3) is 2.90. The van der Waals surface area contributed by atoms with Gasteiger partial charge in [0.1, 0.15) is 0 Å². The summed E-state index contributed by atoms with van der Waals surface area (Å²) < 4.78 is 74.4. The van der Waals surface area contributed by atoms with Crippen LogP contribution in [-0.4, -0.2) is 6.29 Å². The van der Waals surface area contributed by atoms with Crippen LogP contribution in [-0.2, 0) is 12.4 Å². The molecule has 0 atom stereocenters. The van der Waals surface area contributed by atoms with Crippen molar-refractivity contribution in [3.8, 4) is 0 Å². The van der Waals surface area contributed by atoms with Crippen molar-refractivity contribution >= 4 is 28.9 Å². The molecule has 0 spiro atoms. The Balaban J connectivity index is 3.66. The van der Waals surface area contributed by atoms with Gasteiger partial charge in [-0.2, -0.15) is 26.3 Å². The second-order valence-electron chi connectivity index (χ2n) is 3.00. The fraction of sp³-hybridized carbons (Fsp3) is 0.222. The first-order valence-corrected chi connectivity index (χ1v) is 5.09. The van der Waals surface area contributed by atoms with Gasteiger partial charge in [-0.05, 0) is 34.7 Å². The largest absolute Gasteiger partial charge is 0.418 e. The summed E-state index contributed by atoms with van der Waals surface area (Å²) in [5, 5.41) is 0. The van der Waals surface area contributed by atoms with Gasteiger partial charge in [0.25, 0.3) is 0 Å². The Morgan fingerprint density at radius 2 is 1.53 bits per heavy atom. The maximum atomic E-state index is 12.5. The average molecular weight is 368 g/mol. The molecule has 1 aromatic carbocycles. The fourth-order valence-electron chi connectivity index (χ4n) is 1.25. The number of hydrogen-bond acceptors (Lipinski definition) is 1. The second-order valence-corrected chi connectivity index (χ2v) is 4.16. The van der Waals surface area contributed by atoms with Crippen LogP contribution < -0.4 is 0 Å². The molecule has 8 heteroatoms. The van der Waals surface area contributed by atoms with E-state index < -0.39 is 38.9 Å². The number of carbonyl (C=O) groups excluding carboxylic acids is 1. The topological polar surface area (TPSA) is 17.1 Å². The van der Waals surface area contributed by atoms with E-state index in [1.807, 2.05) is 0 Å². The van der Waals surface area contributed by atoms with Crippen LogP contribution in [0.2, 0.25) is 0 Å². The van der Waals surface area contributed by atoms with E-state index in [1.165, 1.54) is 22.6 Å². The van der Waals surface area contributed by atoms with Crippen molar-refractivity contribution in [3.63, 3.8) is 0 Å². The summed E-state index contributed by atoms with van der Waals surface area (Å²) in [5.41, 5.74) is -4.51. The van der Waals surface area contributed by atoms with Crippen LogP contribution in [0.4, 0.5) is 26.3 Å². The third-order valence-corrected chi connectivity index (χ3v) is 2.80. The molecule has 0 radical (unpaired) electrons. The molecule has 1 aromatic rings. The molecule has 1 rings (SSSR count). The minimum Gasteiger partial charge on any atom is -0.298 e. The highest BCUT2D eigenvalue weighted by Crippen LogP contribution is 2.40. The van der Waals surface area contributed by atoms with E-state index in [9.17, 15) is 31.1 Å². The van der Waals surface area contributed by atoms with Crippen LogP contribution in [0.1, 0.15) is 21.5 Å². The van der Waals surface area contributed by atoms with Gasteiger partial charge in [0, 0.05) is 9.13 Å². The molecule has 1 nitrogen and oxygen atoms in total. The van der Waals surface area contributed by atoms with Gasteiger partial charge in [0.05, 0.1) is 11.1 Å². The molecule has 0 aliphatic carbocycles. The summed E-state index contributed by atoms with van der Waals surface area (Å²) in [6.07, 6.45) is -10.4. The third-order valence-electron chi connectivity index (χ3n) is 1.90. The molecule has 0 bridgehead atoms. The fourth-order valence-corrected chi connectivity index (χ4v) is 2.03. The Labute approximate surface area is 105 Å². The number of rotatable bonds is 1. The standard InChI is InChI=1S/C9H3F6IO/c10-8(11,12)5-1-2-6(16)7(4(5)3-17)9(13,14)15/h1-3H. The quantitative estimate of drug-likeness (QED) is 0.414. The van der Waals surface area contributed by atoms with Crippen LogP contribution in [0.3, 0.4) is 0 Å². The molecule has 0 aliphatic rings. The minimum absolute atomic E-state index is 0.423. The smallest absolute Gasteiger partial charge is 0.298 e. The van der Waals surface area contributed by atoms with Gasteiger partial charge in [-0.1, -0.05) is 0 Å². The van der Waals surface area contributed by atoms with Crippen molar-refractivity contribution < 1.29 is 31.1 Å². The molecule has 0 unspecified atom stereocenters. The van der Waals surface area contributed by atoms with Crippen LogP contribution in [0.25, 0.3) is 0 Å². The lowest BCUT2D eigenvalue weighted by molar-refractivity contribution is -0.143. The molecule has 0 aliphatic heterocycles. The van der Waals surface area contributed by atoms with Gasteiger partial charge in [0.15, 0.2) is 6.29 Å². The Bertz CT molecular complexity index is 448. The summed E-state index contributed by atoms with van der Waals surface area (Å²) in [5.74, 6) is 0. The van der Waals surface area contributed by atoms with Crippen molar-refractivity contribution in [1.82, 2.24) is 0 Å². The van der Waals surface area contributed by atoms with Gasteiger partial charge in [-0.25, -0.2) is 0 Å². The molecule has 0 saturated carbocycles. The number of alkyl halides is 6. The Morgan fingerprint density at radius 3 is 1.88 bits per heavy atom. The van der Waals surface area contributed by atoms with Gasteiger partial charge < -0.3 is 0 Å². The zero-order valence-corrected chi connectivity index (χ0v) is 9.94. The second kappa shape index (κ2) is 4.46. The molecule has 0 fully saturated rings. The van der Waals surface area contributed by atoms with E-state index in [2.05, 4.69) is 0 Å². The summed E-state index contributed by atoms with van der Waals surface area (Å²) in [7, 11) is 0. The summed E-state index contributed by atoms with van der Waals surface area (Å²) in [6.45, 7) is 0. The van der Waals surface area contributed by atoms with Gasteiger partial charge in [-0.3, -0.25) is 4.79 Å². The van der Waals surface area contributed by atoms with E-state index in [-0.39, 0.29) is 0 Å². The molecule has 94 valence electrons. The monoisotopic (exact) mass is 368 g/mol. The maximum absolute atomic E-state index is 12.5. The van der Waals surface area contributed by atoms with Gasteiger partial charge in [-0.15, -0.1) is 0 Å². The summed E-state index contributed by atoms with van der Waals surface area (Å²) in [4.78, 5) is 10.5. The number of carbonyl (C=O) groups is 1. The Hall–Kier alpha value is -0.800. The van der Waals surface area contributed by atoms with E-state index >= 15 is 0 Å². The number of benzene rings is 1. The molecule has 0 saturated heterocycles. The number of halogens is 7. The lowest BCUT2D eigenvalue weighted by Gasteiger charge is -2.16. The van der Waals surface area contributed by atoms with E-state index in [4.69, 9.17) is 0 Å². The highest BCUT2D eigenvalue weighted by Gasteiger charge is 2.42. The first-order valence-electron chi connectivity index (χ1n) is 4.01. The molecule has 17 heavy (non-hydrogen) atoms. The summed E-state index contributed by atoms with van der Waals surface area (Å²) >= 11 is 1.23. The van der Waals surface area contributed by atoms with Crippen LogP contribution >= 0.6 is 22.6 Å². The molecular weight excluding hydrogens is 365 g/mol. The molecule has 0 heterocycles. The highest BCUT2D eigenvalue weighted by atomic mass is 127. The highest BCUT2D eigenvalue weighted by molar-refractivity contribution is 14.1. The average Bonchev–Trinajstić information content (AvgIpc) is 2.12. The van der Waals surface area contributed by atoms with E-state index in [0.29, 0.717) is 12.1 Å². The molecule has 0 N–H and O–H groups in total. The Kier molecular flexibility index (Phi) is 3.75. The van der Waals surface area contributed by atoms with Crippen molar-refractivity contribution in [2.75, 3.05) is 0 Å². The Morgan fingerprint density at radius 1 is 1.00 bits per heavy atom. The maximum Gasteiger partial charge on any atom is 0.418 e. The number of aldehydes is 1. The van der Waals surface area contributed by atoms with Crippen molar-refractivity contribution in [1.29, 1.82) is 0 Å². The predicted octanol–water partition coefficient (Wildman–Crippen LogP) is 4.14. The summed E-state index contributed by atoms with van der Waals surface area (Å²) in [6, 6.07) is 1.14. The lowest BCUT2D eigenvalue weighted by atomic mass is 10.0. The van der Waals surface area contributed by atoms with Crippen LogP contribution in [0.15, 0.2) is 12.1 Å². The van der Waals surface area contributed by atoms with Crippen LogP contribution in [0, 0.1) is 3.57 Å². The van der Waals surface area contributed by atoms with Gasteiger partial charge >= 0.3 is 12.4 Å². The van der Waals surface area contributed by atoms with E-state index in [1.54, 1.807) is 0 Å².